The Morgan fingerprint density at radius 2 is 1.88 bits per heavy atom. The number of benzene rings is 1. The van der Waals surface area contributed by atoms with E-state index in [1.165, 1.54) is 43.2 Å². The third kappa shape index (κ3) is 2.54. The van der Waals surface area contributed by atoms with Crippen molar-refractivity contribution < 1.29 is 14.9 Å². The lowest BCUT2D eigenvalue weighted by molar-refractivity contribution is -0.0505. The summed E-state index contributed by atoms with van der Waals surface area (Å²) in [6.45, 7) is 2.21. The number of hydrogen-bond acceptors (Lipinski definition) is 3. The van der Waals surface area contributed by atoms with Crippen LogP contribution in [0.2, 0.25) is 0 Å². The van der Waals surface area contributed by atoms with Gasteiger partial charge in [-0.25, -0.2) is 0 Å². The lowest BCUT2D eigenvalue weighted by Crippen LogP contribution is -2.44. The van der Waals surface area contributed by atoms with Crippen LogP contribution in [0.25, 0.3) is 0 Å². The number of aryl methyl sites for hydroxylation is 1. The summed E-state index contributed by atoms with van der Waals surface area (Å²) in [4.78, 5) is 0. The molecule has 0 radical (unpaired) electrons. The van der Waals surface area contributed by atoms with Crippen molar-refractivity contribution in [3.63, 3.8) is 0 Å². The average Bonchev–Trinajstić information content (AvgIpc) is 3.23. The van der Waals surface area contributed by atoms with Gasteiger partial charge < -0.3 is 14.9 Å². The highest BCUT2D eigenvalue weighted by Crippen LogP contribution is 2.60. The number of aliphatic hydroxyl groups excluding tert-OH is 2. The highest BCUT2D eigenvalue weighted by molar-refractivity contribution is 5.41. The molecule has 0 bridgehead atoms. The molecule has 6 atom stereocenters. The predicted molar refractivity (Wildman–Crippen MR) is 101 cm³/mol. The van der Waals surface area contributed by atoms with Crippen molar-refractivity contribution in [1.29, 1.82) is 0 Å². The number of aliphatic hydroxyl groups is 2. The van der Waals surface area contributed by atoms with E-state index >= 15 is 0 Å². The maximum atomic E-state index is 10.5. The van der Waals surface area contributed by atoms with E-state index in [0.717, 1.165) is 31.4 Å². The van der Waals surface area contributed by atoms with E-state index in [1.54, 1.807) is 0 Å². The van der Waals surface area contributed by atoms with Crippen LogP contribution in [0.15, 0.2) is 18.2 Å². The van der Waals surface area contributed by atoms with Gasteiger partial charge in [0.15, 0.2) is 0 Å². The minimum atomic E-state index is -0.544. The van der Waals surface area contributed by atoms with E-state index in [0.29, 0.717) is 23.9 Å². The minimum absolute atomic E-state index is 0.0936. The Bertz CT molecular complexity index is 680. The maximum Gasteiger partial charge on any atom is 0.120 e. The van der Waals surface area contributed by atoms with Crippen LogP contribution in [0.1, 0.15) is 75.3 Å². The van der Waals surface area contributed by atoms with Crippen LogP contribution in [0, 0.1) is 17.3 Å². The van der Waals surface area contributed by atoms with E-state index in [2.05, 4.69) is 25.1 Å². The summed E-state index contributed by atoms with van der Waals surface area (Å²) >= 11 is 0. The van der Waals surface area contributed by atoms with Gasteiger partial charge in [-0.1, -0.05) is 13.0 Å². The van der Waals surface area contributed by atoms with Crippen molar-refractivity contribution in [2.45, 2.75) is 88.9 Å². The second-order valence-electron chi connectivity index (χ2n) is 9.59. The van der Waals surface area contributed by atoms with Crippen molar-refractivity contribution >= 4 is 0 Å². The molecule has 0 saturated heterocycles. The molecule has 5 rings (SSSR count). The number of rotatable bonds is 2. The van der Waals surface area contributed by atoms with Gasteiger partial charge in [-0.05, 0) is 104 Å². The molecule has 0 aliphatic heterocycles. The quantitative estimate of drug-likeness (QED) is 0.835. The summed E-state index contributed by atoms with van der Waals surface area (Å²) in [6, 6.07) is 6.81. The molecule has 4 aliphatic carbocycles. The summed E-state index contributed by atoms with van der Waals surface area (Å²) in [5.74, 6) is 2.71. The molecule has 0 heterocycles. The van der Waals surface area contributed by atoms with Gasteiger partial charge in [-0.15, -0.1) is 0 Å². The summed E-state index contributed by atoms with van der Waals surface area (Å²) in [5.41, 5.74) is 2.89. The van der Waals surface area contributed by atoms with Gasteiger partial charge >= 0.3 is 0 Å². The first-order chi connectivity index (χ1) is 12.6. The Morgan fingerprint density at radius 3 is 2.69 bits per heavy atom. The van der Waals surface area contributed by atoms with E-state index in [9.17, 15) is 10.2 Å². The highest BCUT2D eigenvalue weighted by Gasteiger charge is 2.57. The molecule has 2 N–H and O–H groups in total. The Labute approximate surface area is 156 Å². The molecule has 4 aliphatic rings. The smallest absolute Gasteiger partial charge is 0.120 e. The minimum Gasteiger partial charge on any atom is -0.490 e. The summed E-state index contributed by atoms with van der Waals surface area (Å²) in [7, 11) is 0. The topological polar surface area (TPSA) is 49.7 Å². The van der Waals surface area contributed by atoms with Crippen LogP contribution in [0.3, 0.4) is 0 Å². The van der Waals surface area contributed by atoms with Gasteiger partial charge in [0.2, 0.25) is 0 Å². The molecule has 3 heteroatoms. The van der Waals surface area contributed by atoms with Crippen LogP contribution in [-0.2, 0) is 6.42 Å². The van der Waals surface area contributed by atoms with Crippen LogP contribution in [0.4, 0.5) is 0 Å². The van der Waals surface area contributed by atoms with E-state index in [1.807, 2.05) is 0 Å². The number of fused-ring (bicyclic) bond motifs is 5. The first kappa shape index (κ1) is 17.1. The molecule has 26 heavy (non-hydrogen) atoms. The summed E-state index contributed by atoms with van der Waals surface area (Å²) in [5, 5.41) is 20.8. The van der Waals surface area contributed by atoms with Crippen molar-refractivity contribution in [2.24, 2.45) is 17.3 Å². The molecule has 0 amide bonds. The van der Waals surface area contributed by atoms with Crippen LogP contribution in [-0.4, -0.2) is 28.5 Å². The fourth-order valence-electron chi connectivity index (χ4n) is 6.82. The van der Waals surface area contributed by atoms with Crippen LogP contribution in [0.5, 0.6) is 5.75 Å². The lowest BCUT2D eigenvalue weighted by atomic mass is 9.55. The number of ether oxygens (including phenoxy) is 1. The van der Waals surface area contributed by atoms with E-state index in [-0.39, 0.29) is 5.41 Å². The Kier molecular flexibility index (Phi) is 4.09. The molecule has 3 saturated carbocycles. The zero-order chi connectivity index (χ0) is 17.9. The fraction of sp³-hybridized carbons (Fsp3) is 0.739. The Morgan fingerprint density at radius 1 is 1.08 bits per heavy atom. The molecule has 4 unspecified atom stereocenters. The number of hydrogen-bond donors (Lipinski definition) is 2. The van der Waals surface area contributed by atoms with Crippen molar-refractivity contribution in [3.8, 4) is 5.75 Å². The van der Waals surface area contributed by atoms with Gasteiger partial charge in [0, 0.05) is 0 Å². The SMILES string of the molecule is CC12CCC3c4ccc(OC5CCCC5)cc4CCC3C1C[C@@H](O)[C@@H]2O. The third-order valence-electron chi connectivity index (χ3n) is 8.28. The van der Waals surface area contributed by atoms with E-state index < -0.39 is 12.2 Å². The predicted octanol–water partition coefficient (Wildman–Crippen LogP) is 4.20. The molecule has 1 aromatic carbocycles. The zero-order valence-electron chi connectivity index (χ0n) is 15.9. The third-order valence-corrected chi connectivity index (χ3v) is 8.28. The Hall–Kier alpha value is -1.06. The molecule has 142 valence electrons. The van der Waals surface area contributed by atoms with Gasteiger partial charge in [-0.2, -0.15) is 0 Å². The van der Waals surface area contributed by atoms with Gasteiger partial charge in [0.1, 0.15) is 5.75 Å². The lowest BCUT2D eigenvalue weighted by Gasteiger charge is -2.49. The van der Waals surface area contributed by atoms with Gasteiger partial charge in [-0.3, -0.25) is 0 Å². The molecule has 3 nitrogen and oxygen atoms in total. The molecule has 0 aromatic heterocycles. The molecular formula is C23H32O3. The van der Waals surface area contributed by atoms with E-state index in [4.69, 9.17) is 4.74 Å². The average molecular weight is 357 g/mol. The van der Waals surface area contributed by atoms with Crippen LogP contribution < -0.4 is 4.74 Å². The fourth-order valence-corrected chi connectivity index (χ4v) is 6.82. The molecule has 1 aromatic rings. The Balaban J connectivity index is 1.39. The standard InChI is InChI=1S/C23H32O3/c1-23-11-10-18-17-9-7-16(26-15-4-2-3-5-15)12-14(17)6-8-19(18)20(23)13-21(24)22(23)25/h7,9,12,15,18-22,24-25H,2-6,8,10-11,13H2,1H3/t18?,19?,20?,21-,22+,23?/m1/s1. The summed E-state index contributed by atoms with van der Waals surface area (Å²) < 4.78 is 6.22. The summed E-state index contributed by atoms with van der Waals surface area (Å²) in [6.07, 6.45) is 9.58. The molecular weight excluding hydrogens is 324 g/mol. The maximum absolute atomic E-state index is 10.5. The van der Waals surface area contributed by atoms with Crippen molar-refractivity contribution in [2.75, 3.05) is 0 Å². The van der Waals surface area contributed by atoms with Crippen molar-refractivity contribution in [3.05, 3.63) is 29.3 Å². The van der Waals surface area contributed by atoms with Crippen LogP contribution >= 0.6 is 0 Å². The van der Waals surface area contributed by atoms with Gasteiger partial charge in [0.05, 0.1) is 18.3 Å². The largest absolute Gasteiger partial charge is 0.490 e. The first-order valence-corrected chi connectivity index (χ1v) is 10.7. The van der Waals surface area contributed by atoms with Crippen molar-refractivity contribution in [1.82, 2.24) is 0 Å². The van der Waals surface area contributed by atoms with Gasteiger partial charge in [0.25, 0.3) is 0 Å². The monoisotopic (exact) mass is 356 g/mol. The normalized spacial score (nSPS) is 42.2. The molecule has 3 fully saturated rings. The second kappa shape index (κ2) is 6.24. The zero-order valence-corrected chi connectivity index (χ0v) is 15.9. The first-order valence-electron chi connectivity index (χ1n) is 10.7. The highest BCUT2D eigenvalue weighted by atomic mass is 16.5. The molecule has 0 spiro atoms. The second-order valence-corrected chi connectivity index (χ2v) is 9.59.